The molecule has 0 saturated carbocycles. The summed E-state index contributed by atoms with van der Waals surface area (Å²) in [7, 11) is 1.68. The van der Waals surface area contributed by atoms with Crippen molar-refractivity contribution in [1.29, 1.82) is 0 Å². The molecule has 0 aliphatic rings. The summed E-state index contributed by atoms with van der Waals surface area (Å²) in [5.41, 5.74) is 2.12. The fraction of sp³-hybridized carbons (Fsp3) is 0.0952. The van der Waals surface area contributed by atoms with Crippen molar-refractivity contribution in [2.75, 3.05) is 11.9 Å². The molecule has 26 heavy (non-hydrogen) atoms. The Hall–Kier alpha value is -2.49. The minimum atomic E-state index is -0.202. The molecule has 3 aromatic carbocycles. The van der Waals surface area contributed by atoms with Gasteiger partial charge in [-0.3, -0.25) is 4.79 Å². The minimum Gasteiger partial charge on any atom is -0.488 e. The van der Waals surface area contributed by atoms with E-state index in [2.05, 4.69) is 0 Å². The van der Waals surface area contributed by atoms with Crippen LogP contribution in [0.2, 0.25) is 10.0 Å². The molecule has 1 amide bonds. The van der Waals surface area contributed by atoms with Crippen molar-refractivity contribution >= 4 is 34.8 Å². The number of carbonyl (C=O) groups is 1. The monoisotopic (exact) mass is 385 g/mol. The Balaban J connectivity index is 1.83. The quantitative estimate of drug-likeness (QED) is 0.551. The lowest BCUT2D eigenvalue weighted by atomic mass is 10.1. The van der Waals surface area contributed by atoms with Gasteiger partial charge in [0.05, 0.1) is 5.56 Å². The fourth-order valence-electron chi connectivity index (χ4n) is 2.54. The van der Waals surface area contributed by atoms with E-state index >= 15 is 0 Å². The fourth-order valence-corrected chi connectivity index (χ4v) is 3.05. The number of nitrogens with zero attached hydrogens (tertiary/aromatic N) is 1. The van der Waals surface area contributed by atoms with Crippen molar-refractivity contribution < 1.29 is 9.53 Å². The predicted molar refractivity (Wildman–Crippen MR) is 106 cm³/mol. The van der Waals surface area contributed by atoms with Crippen molar-refractivity contribution in [2.45, 2.75) is 6.61 Å². The van der Waals surface area contributed by atoms with Crippen LogP contribution in [0.1, 0.15) is 15.9 Å². The van der Waals surface area contributed by atoms with Gasteiger partial charge in [-0.25, -0.2) is 0 Å². The first kappa shape index (κ1) is 18.3. The second kappa shape index (κ2) is 8.26. The van der Waals surface area contributed by atoms with Crippen molar-refractivity contribution in [3.8, 4) is 5.75 Å². The Labute approximate surface area is 162 Å². The van der Waals surface area contributed by atoms with Gasteiger partial charge in [-0.2, -0.15) is 0 Å². The van der Waals surface area contributed by atoms with E-state index in [0.717, 1.165) is 5.56 Å². The number of anilines is 1. The summed E-state index contributed by atoms with van der Waals surface area (Å²) in [6, 6.07) is 22.0. The molecule has 3 nitrogen and oxygen atoms in total. The van der Waals surface area contributed by atoms with Gasteiger partial charge in [0.15, 0.2) is 0 Å². The maximum atomic E-state index is 13.0. The van der Waals surface area contributed by atoms with Crippen LogP contribution in [0, 0.1) is 0 Å². The maximum absolute atomic E-state index is 13.0. The van der Waals surface area contributed by atoms with Crippen LogP contribution < -0.4 is 9.64 Å². The molecule has 0 bridgehead atoms. The van der Waals surface area contributed by atoms with Crippen LogP contribution >= 0.6 is 23.2 Å². The molecule has 0 radical (unpaired) electrons. The number of ether oxygens (including phenoxy) is 1. The van der Waals surface area contributed by atoms with Crippen LogP contribution in [0.15, 0.2) is 72.8 Å². The van der Waals surface area contributed by atoms with Gasteiger partial charge in [0, 0.05) is 22.8 Å². The molecule has 3 aromatic rings. The van der Waals surface area contributed by atoms with Crippen LogP contribution in [0.25, 0.3) is 0 Å². The number of hydrogen-bond acceptors (Lipinski definition) is 2. The Morgan fingerprint density at radius 1 is 0.923 bits per heavy atom. The second-order valence-electron chi connectivity index (χ2n) is 5.76. The van der Waals surface area contributed by atoms with Crippen molar-refractivity contribution in [1.82, 2.24) is 0 Å². The maximum Gasteiger partial charge on any atom is 0.261 e. The average molecular weight is 386 g/mol. The third-order valence-electron chi connectivity index (χ3n) is 3.89. The number of hydrogen-bond donors (Lipinski definition) is 0. The lowest BCUT2D eigenvalue weighted by Gasteiger charge is -2.20. The molecule has 0 saturated heterocycles. The van der Waals surface area contributed by atoms with E-state index in [1.807, 2.05) is 36.4 Å². The molecule has 0 aromatic heterocycles. The Morgan fingerprint density at radius 3 is 2.23 bits per heavy atom. The molecule has 0 aliphatic heterocycles. The van der Waals surface area contributed by atoms with Crippen LogP contribution in [0.3, 0.4) is 0 Å². The molecule has 5 heteroatoms. The van der Waals surface area contributed by atoms with Gasteiger partial charge in [0.2, 0.25) is 0 Å². The Bertz CT molecular complexity index is 893. The van der Waals surface area contributed by atoms with Gasteiger partial charge in [0.25, 0.3) is 5.91 Å². The summed E-state index contributed by atoms with van der Waals surface area (Å²) in [6.07, 6.45) is 0. The van der Waals surface area contributed by atoms with Gasteiger partial charge in [-0.05, 0) is 35.9 Å². The molecule has 0 unspecified atom stereocenters. The van der Waals surface area contributed by atoms with Crippen molar-refractivity contribution in [3.05, 3.63) is 94.0 Å². The zero-order valence-electron chi connectivity index (χ0n) is 14.2. The summed E-state index contributed by atoms with van der Waals surface area (Å²) in [4.78, 5) is 14.5. The average Bonchev–Trinajstić information content (AvgIpc) is 2.65. The normalized spacial score (nSPS) is 10.4. The van der Waals surface area contributed by atoms with Crippen LogP contribution in [0.4, 0.5) is 5.69 Å². The van der Waals surface area contributed by atoms with Gasteiger partial charge >= 0.3 is 0 Å². The minimum absolute atomic E-state index is 0.202. The summed E-state index contributed by atoms with van der Waals surface area (Å²) in [5, 5.41) is 0.946. The van der Waals surface area contributed by atoms with Gasteiger partial charge in [-0.1, -0.05) is 65.7 Å². The molecule has 0 atom stereocenters. The molecule has 0 heterocycles. The second-order valence-corrected chi connectivity index (χ2v) is 6.64. The number of amides is 1. The molecule has 0 fully saturated rings. The molecule has 0 aliphatic carbocycles. The molecule has 3 rings (SSSR count). The first-order chi connectivity index (χ1) is 12.5. The van der Waals surface area contributed by atoms with Crippen LogP contribution in [0.5, 0.6) is 5.75 Å². The summed E-state index contributed by atoms with van der Waals surface area (Å²) < 4.78 is 5.88. The largest absolute Gasteiger partial charge is 0.488 e. The first-order valence-corrected chi connectivity index (χ1v) is 8.80. The number of carbonyl (C=O) groups excluding carboxylic acids is 1. The number of benzene rings is 3. The highest BCUT2D eigenvalue weighted by Crippen LogP contribution is 2.28. The standard InChI is InChI=1S/C21H17Cl2NO2/c1-24(18-12-16(22)11-17(23)13-18)21(25)19-9-5-6-10-20(19)26-14-15-7-3-2-4-8-15/h2-13H,14H2,1H3. The predicted octanol–water partition coefficient (Wildman–Crippen LogP) is 5.85. The highest BCUT2D eigenvalue weighted by Gasteiger charge is 2.18. The van der Waals surface area contributed by atoms with Gasteiger partial charge in [0.1, 0.15) is 12.4 Å². The van der Waals surface area contributed by atoms with E-state index in [0.29, 0.717) is 33.7 Å². The van der Waals surface area contributed by atoms with E-state index in [-0.39, 0.29) is 5.91 Å². The van der Waals surface area contributed by atoms with Crippen LogP contribution in [-0.4, -0.2) is 13.0 Å². The highest BCUT2D eigenvalue weighted by atomic mass is 35.5. The SMILES string of the molecule is CN(C(=O)c1ccccc1OCc1ccccc1)c1cc(Cl)cc(Cl)c1. The summed E-state index contributed by atoms with van der Waals surface area (Å²) >= 11 is 12.1. The lowest BCUT2D eigenvalue weighted by molar-refractivity contribution is 0.0988. The molecular weight excluding hydrogens is 369 g/mol. The zero-order chi connectivity index (χ0) is 18.5. The van der Waals surface area contributed by atoms with Gasteiger partial charge < -0.3 is 9.64 Å². The van der Waals surface area contributed by atoms with E-state index in [1.165, 1.54) is 4.90 Å². The molecular formula is C21H17Cl2NO2. The number of halogens is 2. The van der Waals surface area contributed by atoms with Crippen LogP contribution in [-0.2, 0) is 6.61 Å². The van der Waals surface area contributed by atoms with E-state index in [9.17, 15) is 4.79 Å². The van der Waals surface area contributed by atoms with Crippen molar-refractivity contribution in [2.24, 2.45) is 0 Å². The Kier molecular flexibility index (Phi) is 5.82. The molecule has 0 N–H and O–H groups in total. The molecule has 132 valence electrons. The lowest BCUT2D eigenvalue weighted by Crippen LogP contribution is -2.26. The van der Waals surface area contributed by atoms with Gasteiger partial charge in [-0.15, -0.1) is 0 Å². The molecule has 0 spiro atoms. The van der Waals surface area contributed by atoms with E-state index in [1.54, 1.807) is 43.4 Å². The van der Waals surface area contributed by atoms with Crippen molar-refractivity contribution in [3.63, 3.8) is 0 Å². The highest BCUT2D eigenvalue weighted by molar-refractivity contribution is 6.35. The topological polar surface area (TPSA) is 29.5 Å². The third-order valence-corrected chi connectivity index (χ3v) is 4.33. The first-order valence-electron chi connectivity index (χ1n) is 8.04. The Morgan fingerprint density at radius 2 is 1.54 bits per heavy atom. The number of rotatable bonds is 5. The smallest absolute Gasteiger partial charge is 0.261 e. The zero-order valence-corrected chi connectivity index (χ0v) is 15.7. The van der Waals surface area contributed by atoms with E-state index < -0.39 is 0 Å². The van der Waals surface area contributed by atoms with E-state index in [4.69, 9.17) is 27.9 Å². The summed E-state index contributed by atoms with van der Waals surface area (Å²) in [6.45, 7) is 0.387. The summed E-state index contributed by atoms with van der Waals surface area (Å²) in [5.74, 6) is 0.327. The third kappa shape index (κ3) is 4.37. The number of para-hydroxylation sites is 1.